The van der Waals surface area contributed by atoms with Crippen LogP contribution in [-0.2, 0) is 22.4 Å². The lowest BCUT2D eigenvalue weighted by atomic mass is 9.88. The molecule has 2 N–H and O–H groups in total. The maximum Gasteiger partial charge on any atom is 0.341 e. The van der Waals surface area contributed by atoms with E-state index in [0.717, 1.165) is 35.3 Å². The number of fused-ring (bicyclic) bond motifs is 1. The van der Waals surface area contributed by atoms with E-state index in [9.17, 15) is 14.4 Å². The number of methoxy groups -OCH3 is 1. The molecule has 0 fully saturated rings. The number of carbonyl (C=O) groups is 3. The Hall–Kier alpha value is -4.18. The van der Waals surface area contributed by atoms with Crippen molar-refractivity contribution in [1.82, 2.24) is 5.43 Å². The van der Waals surface area contributed by atoms with Crippen LogP contribution in [-0.4, -0.2) is 43.8 Å². The minimum Gasteiger partial charge on any atom is -0.496 e. The number of ether oxygens (including phenoxy) is 3. The van der Waals surface area contributed by atoms with Crippen molar-refractivity contribution in [2.45, 2.75) is 46.1 Å². The van der Waals surface area contributed by atoms with Crippen LogP contribution in [0.3, 0.4) is 0 Å². The van der Waals surface area contributed by atoms with Crippen LogP contribution in [0.15, 0.2) is 53.6 Å². The molecule has 210 valence electrons. The van der Waals surface area contributed by atoms with Gasteiger partial charge in [-0.3, -0.25) is 9.59 Å². The maximum atomic E-state index is 13.1. The molecular weight excluding hydrogens is 530 g/mol. The van der Waals surface area contributed by atoms with Crippen molar-refractivity contribution in [1.29, 1.82) is 0 Å². The van der Waals surface area contributed by atoms with Gasteiger partial charge in [-0.05, 0) is 81.0 Å². The predicted octanol–water partition coefficient (Wildman–Crippen LogP) is 5.23. The third-order valence-electron chi connectivity index (χ3n) is 6.53. The zero-order valence-electron chi connectivity index (χ0n) is 23.0. The number of hydrogen-bond acceptors (Lipinski definition) is 8. The van der Waals surface area contributed by atoms with Crippen molar-refractivity contribution < 1.29 is 28.6 Å². The molecule has 9 nitrogen and oxygen atoms in total. The zero-order valence-corrected chi connectivity index (χ0v) is 23.8. The van der Waals surface area contributed by atoms with Crippen molar-refractivity contribution in [2.24, 2.45) is 11.0 Å². The Balaban J connectivity index is 1.37. The van der Waals surface area contributed by atoms with Gasteiger partial charge >= 0.3 is 5.97 Å². The summed E-state index contributed by atoms with van der Waals surface area (Å²) in [5.41, 5.74) is 5.02. The fourth-order valence-electron chi connectivity index (χ4n) is 4.41. The molecule has 0 saturated carbocycles. The number of benzene rings is 2. The van der Waals surface area contributed by atoms with Crippen LogP contribution in [0.25, 0.3) is 0 Å². The standard InChI is InChI=1S/C30H33N3O6S/c1-5-38-30(36)26-23-15-10-18(2)16-25(23)40-29(26)32-28(35)20-11-13-22(14-12-20)39-19(3)27(34)33-31-17-21-8-6-7-9-24(21)37-4/h6-9,11-14,17-19H,5,10,15-16H2,1-4H3,(H,32,35)(H,33,34). The zero-order chi connectivity index (χ0) is 28.6. The van der Waals surface area contributed by atoms with E-state index >= 15 is 0 Å². The largest absolute Gasteiger partial charge is 0.496 e. The molecule has 0 bridgehead atoms. The van der Waals surface area contributed by atoms with Gasteiger partial charge in [-0.25, -0.2) is 10.2 Å². The fourth-order valence-corrected chi connectivity index (χ4v) is 5.80. The van der Waals surface area contributed by atoms with Gasteiger partial charge in [0.1, 0.15) is 16.5 Å². The molecule has 3 aromatic rings. The smallest absolute Gasteiger partial charge is 0.341 e. The molecule has 1 aromatic heterocycles. The Kier molecular flexibility index (Phi) is 9.55. The summed E-state index contributed by atoms with van der Waals surface area (Å²) in [6.07, 6.45) is 3.33. The van der Waals surface area contributed by atoms with Crippen LogP contribution in [0.2, 0.25) is 0 Å². The number of nitrogens with one attached hydrogen (secondary N) is 2. The summed E-state index contributed by atoms with van der Waals surface area (Å²) in [5.74, 6) is 0.393. The van der Waals surface area contributed by atoms with Crippen molar-refractivity contribution in [3.8, 4) is 11.5 Å². The predicted molar refractivity (Wildman–Crippen MR) is 155 cm³/mol. The number of anilines is 1. The molecule has 0 radical (unpaired) electrons. The minimum absolute atomic E-state index is 0.263. The normalized spacial score (nSPS) is 15.2. The van der Waals surface area contributed by atoms with Gasteiger partial charge in [0.15, 0.2) is 6.10 Å². The highest BCUT2D eigenvalue weighted by Crippen LogP contribution is 2.40. The van der Waals surface area contributed by atoms with Crippen LogP contribution in [0, 0.1) is 5.92 Å². The summed E-state index contributed by atoms with van der Waals surface area (Å²) in [6, 6.07) is 13.7. The number of hydrogen-bond donors (Lipinski definition) is 2. The molecule has 1 aliphatic carbocycles. The van der Waals surface area contributed by atoms with E-state index in [4.69, 9.17) is 14.2 Å². The first-order valence-electron chi connectivity index (χ1n) is 13.2. The maximum absolute atomic E-state index is 13.1. The lowest BCUT2D eigenvalue weighted by Gasteiger charge is -2.18. The molecule has 4 rings (SSSR count). The SMILES string of the molecule is CCOC(=O)c1c(NC(=O)c2ccc(OC(C)C(=O)NN=Cc3ccccc3OC)cc2)sc2c1CCC(C)C2. The third kappa shape index (κ3) is 6.87. The summed E-state index contributed by atoms with van der Waals surface area (Å²) < 4.78 is 16.3. The van der Waals surface area contributed by atoms with Gasteiger partial charge in [0, 0.05) is 16.0 Å². The number of nitrogens with zero attached hydrogens (tertiary/aromatic N) is 1. The van der Waals surface area contributed by atoms with E-state index < -0.39 is 18.0 Å². The molecule has 40 heavy (non-hydrogen) atoms. The van der Waals surface area contributed by atoms with E-state index in [1.54, 1.807) is 51.3 Å². The molecule has 1 heterocycles. The summed E-state index contributed by atoms with van der Waals surface area (Å²) >= 11 is 1.44. The van der Waals surface area contributed by atoms with Gasteiger partial charge in [0.2, 0.25) is 0 Å². The van der Waals surface area contributed by atoms with Crippen molar-refractivity contribution in [3.05, 3.63) is 75.7 Å². The molecule has 2 amide bonds. The highest BCUT2D eigenvalue weighted by atomic mass is 32.1. The molecule has 2 unspecified atom stereocenters. The Bertz CT molecular complexity index is 1400. The monoisotopic (exact) mass is 563 g/mol. The quantitative estimate of drug-likeness (QED) is 0.198. The Morgan fingerprint density at radius 1 is 1.15 bits per heavy atom. The molecule has 2 aromatic carbocycles. The average molecular weight is 564 g/mol. The molecule has 1 aliphatic rings. The van der Waals surface area contributed by atoms with E-state index in [-0.39, 0.29) is 12.5 Å². The third-order valence-corrected chi connectivity index (χ3v) is 7.70. The first-order valence-corrected chi connectivity index (χ1v) is 14.0. The summed E-state index contributed by atoms with van der Waals surface area (Å²) in [6.45, 7) is 5.82. The first-order chi connectivity index (χ1) is 19.3. The molecular formula is C30H33N3O6S. The van der Waals surface area contributed by atoms with Crippen molar-refractivity contribution in [3.63, 3.8) is 0 Å². The van der Waals surface area contributed by atoms with Gasteiger partial charge in [-0.15, -0.1) is 11.3 Å². The number of para-hydroxylation sites is 1. The second-order valence-electron chi connectivity index (χ2n) is 9.49. The highest BCUT2D eigenvalue weighted by molar-refractivity contribution is 7.17. The van der Waals surface area contributed by atoms with Crippen molar-refractivity contribution >= 4 is 40.3 Å². The van der Waals surface area contributed by atoms with Crippen LogP contribution in [0.5, 0.6) is 11.5 Å². The van der Waals surface area contributed by atoms with Gasteiger partial charge in [-0.1, -0.05) is 19.1 Å². The van der Waals surface area contributed by atoms with Crippen LogP contribution in [0.1, 0.15) is 63.9 Å². The lowest BCUT2D eigenvalue weighted by Crippen LogP contribution is -2.33. The topological polar surface area (TPSA) is 115 Å². The first kappa shape index (κ1) is 28.8. The second kappa shape index (κ2) is 13.3. The lowest BCUT2D eigenvalue weighted by molar-refractivity contribution is -0.127. The number of carbonyl (C=O) groups excluding carboxylic acids is 3. The molecule has 0 spiro atoms. The molecule has 0 aliphatic heterocycles. The molecule has 10 heteroatoms. The fraction of sp³-hybridized carbons (Fsp3) is 0.333. The number of thiophene rings is 1. The van der Waals surface area contributed by atoms with Gasteiger partial charge in [-0.2, -0.15) is 5.10 Å². The van der Waals surface area contributed by atoms with Crippen LogP contribution in [0.4, 0.5) is 5.00 Å². The van der Waals surface area contributed by atoms with Gasteiger partial charge < -0.3 is 19.5 Å². The highest BCUT2D eigenvalue weighted by Gasteiger charge is 2.29. The summed E-state index contributed by atoms with van der Waals surface area (Å²) in [7, 11) is 1.56. The number of amides is 2. The number of rotatable bonds is 10. The second-order valence-corrected chi connectivity index (χ2v) is 10.6. The van der Waals surface area contributed by atoms with E-state index in [1.165, 1.54) is 17.6 Å². The van der Waals surface area contributed by atoms with Gasteiger partial charge in [0.05, 0.1) is 25.5 Å². The van der Waals surface area contributed by atoms with E-state index in [1.807, 2.05) is 18.2 Å². The Morgan fingerprint density at radius 2 is 1.90 bits per heavy atom. The van der Waals surface area contributed by atoms with Crippen LogP contribution >= 0.6 is 11.3 Å². The van der Waals surface area contributed by atoms with Gasteiger partial charge in [0.25, 0.3) is 11.8 Å². The number of esters is 1. The van der Waals surface area contributed by atoms with Crippen LogP contribution < -0.4 is 20.2 Å². The summed E-state index contributed by atoms with van der Waals surface area (Å²) in [4.78, 5) is 39.3. The molecule has 2 atom stereocenters. The minimum atomic E-state index is -0.832. The number of hydrazone groups is 1. The van der Waals surface area contributed by atoms with E-state index in [0.29, 0.717) is 33.5 Å². The average Bonchev–Trinajstić information content (AvgIpc) is 3.30. The van der Waals surface area contributed by atoms with Crippen molar-refractivity contribution in [2.75, 3.05) is 19.0 Å². The Labute approximate surface area is 237 Å². The summed E-state index contributed by atoms with van der Waals surface area (Å²) in [5, 5.41) is 7.41. The Morgan fingerprint density at radius 3 is 2.62 bits per heavy atom. The van der Waals surface area contributed by atoms with E-state index in [2.05, 4.69) is 22.8 Å². The molecule has 0 saturated heterocycles.